The Morgan fingerprint density at radius 1 is 1.60 bits per heavy atom. The van der Waals surface area contributed by atoms with Gasteiger partial charge in [0.05, 0.1) is 17.8 Å². The summed E-state index contributed by atoms with van der Waals surface area (Å²) in [6.45, 7) is 3.83. The standard InChI is InChI=1S/C9H11N3O2S/c1-3-7-11-12-6(4-8(13)14)5(2)10-9(12)15-7/h3-4H2,1-2H3,(H,13,14). The van der Waals surface area contributed by atoms with Gasteiger partial charge in [-0.05, 0) is 13.3 Å². The maximum Gasteiger partial charge on any atom is 0.309 e. The number of aryl methyl sites for hydroxylation is 2. The highest BCUT2D eigenvalue weighted by atomic mass is 32.1. The molecule has 0 aliphatic rings. The van der Waals surface area contributed by atoms with Gasteiger partial charge in [-0.25, -0.2) is 9.50 Å². The number of imidazole rings is 1. The van der Waals surface area contributed by atoms with Crippen LogP contribution < -0.4 is 0 Å². The lowest BCUT2D eigenvalue weighted by molar-refractivity contribution is -0.136. The van der Waals surface area contributed by atoms with Crippen LogP contribution in [0.3, 0.4) is 0 Å². The van der Waals surface area contributed by atoms with Crippen molar-refractivity contribution in [2.24, 2.45) is 0 Å². The van der Waals surface area contributed by atoms with Gasteiger partial charge in [0.1, 0.15) is 5.01 Å². The van der Waals surface area contributed by atoms with Crippen molar-refractivity contribution in [2.75, 3.05) is 0 Å². The minimum atomic E-state index is -0.856. The van der Waals surface area contributed by atoms with Gasteiger partial charge in [0, 0.05) is 0 Å². The maximum absolute atomic E-state index is 10.7. The molecule has 2 aromatic rings. The Kier molecular flexibility index (Phi) is 2.44. The molecule has 0 spiro atoms. The molecule has 0 radical (unpaired) electrons. The molecule has 0 atom stereocenters. The van der Waals surface area contributed by atoms with E-state index < -0.39 is 5.97 Å². The first-order valence-electron chi connectivity index (χ1n) is 4.67. The lowest BCUT2D eigenvalue weighted by atomic mass is 10.3. The molecule has 0 aliphatic heterocycles. The number of aliphatic carboxylic acids is 1. The van der Waals surface area contributed by atoms with Gasteiger partial charge < -0.3 is 5.11 Å². The molecule has 2 heterocycles. The molecule has 0 aromatic carbocycles. The van der Waals surface area contributed by atoms with Crippen LogP contribution in [-0.4, -0.2) is 25.7 Å². The van der Waals surface area contributed by atoms with E-state index in [1.165, 1.54) is 11.3 Å². The van der Waals surface area contributed by atoms with E-state index in [9.17, 15) is 4.79 Å². The van der Waals surface area contributed by atoms with E-state index in [2.05, 4.69) is 10.1 Å². The fourth-order valence-electron chi connectivity index (χ4n) is 1.42. The van der Waals surface area contributed by atoms with Crippen LogP contribution in [0.5, 0.6) is 0 Å². The second-order valence-corrected chi connectivity index (χ2v) is 4.30. The van der Waals surface area contributed by atoms with Crippen LogP contribution in [0.2, 0.25) is 0 Å². The summed E-state index contributed by atoms with van der Waals surface area (Å²) in [4.78, 5) is 15.7. The lowest BCUT2D eigenvalue weighted by Crippen LogP contribution is -2.05. The Morgan fingerprint density at radius 2 is 2.33 bits per heavy atom. The van der Waals surface area contributed by atoms with Crippen molar-refractivity contribution in [1.29, 1.82) is 0 Å². The molecule has 5 nitrogen and oxygen atoms in total. The predicted octanol–water partition coefficient (Wildman–Crippen LogP) is 1.29. The van der Waals surface area contributed by atoms with Crippen LogP contribution in [-0.2, 0) is 17.6 Å². The highest BCUT2D eigenvalue weighted by Gasteiger charge is 2.15. The molecule has 80 valence electrons. The summed E-state index contributed by atoms with van der Waals surface area (Å²) < 4.78 is 1.65. The van der Waals surface area contributed by atoms with Crippen molar-refractivity contribution in [3.63, 3.8) is 0 Å². The summed E-state index contributed by atoms with van der Waals surface area (Å²) in [6.07, 6.45) is 0.819. The molecule has 0 saturated heterocycles. The molecule has 0 unspecified atom stereocenters. The Labute approximate surface area is 90.4 Å². The van der Waals surface area contributed by atoms with Crippen molar-refractivity contribution >= 4 is 22.3 Å². The summed E-state index contributed by atoms with van der Waals surface area (Å²) in [6, 6.07) is 0. The Bertz CT molecular complexity index is 515. The van der Waals surface area contributed by atoms with Crippen LogP contribution in [0.25, 0.3) is 4.96 Å². The van der Waals surface area contributed by atoms with Crippen molar-refractivity contribution in [3.05, 3.63) is 16.4 Å². The fraction of sp³-hybridized carbons (Fsp3) is 0.444. The predicted molar refractivity (Wildman–Crippen MR) is 56.3 cm³/mol. The van der Waals surface area contributed by atoms with Crippen molar-refractivity contribution in [1.82, 2.24) is 14.6 Å². The molecular weight excluding hydrogens is 214 g/mol. The molecule has 0 fully saturated rings. The van der Waals surface area contributed by atoms with Crippen molar-refractivity contribution < 1.29 is 9.90 Å². The van der Waals surface area contributed by atoms with Gasteiger partial charge in [-0.2, -0.15) is 5.10 Å². The number of nitrogens with zero attached hydrogens (tertiary/aromatic N) is 3. The number of hydrogen-bond donors (Lipinski definition) is 1. The molecule has 0 aliphatic carbocycles. The molecule has 0 amide bonds. The summed E-state index contributed by atoms with van der Waals surface area (Å²) in [5, 5.41) is 14.1. The topological polar surface area (TPSA) is 67.5 Å². The third-order valence-electron chi connectivity index (χ3n) is 2.16. The highest BCUT2D eigenvalue weighted by Crippen LogP contribution is 2.19. The minimum absolute atomic E-state index is 0.0279. The normalized spacial score (nSPS) is 11.1. The number of carboxylic acids is 1. The highest BCUT2D eigenvalue weighted by molar-refractivity contribution is 7.16. The summed E-state index contributed by atoms with van der Waals surface area (Å²) in [5.74, 6) is -0.856. The molecule has 1 N–H and O–H groups in total. The van der Waals surface area contributed by atoms with E-state index in [4.69, 9.17) is 5.11 Å². The van der Waals surface area contributed by atoms with E-state index >= 15 is 0 Å². The molecule has 2 aromatic heterocycles. The van der Waals surface area contributed by atoms with E-state index in [1.54, 1.807) is 4.52 Å². The zero-order chi connectivity index (χ0) is 11.0. The maximum atomic E-state index is 10.7. The average molecular weight is 225 g/mol. The van der Waals surface area contributed by atoms with Gasteiger partial charge >= 0.3 is 5.97 Å². The average Bonchev–Trinajstić information content (AvgIpc) is 2.66. The third-order valence-corrected chi connectivity index (χ3v) is 3.21. The van der Waals surface area contributed by atoms with E-state index in [0.717, 1.165) is 22.1 Å². The molecule has 6 heteroatoms. The number of rotatable bonds is 3. The van der Waals surface area contributed by atoms with Crippen molar-refractivity contribution in [2.45, 2.75) is 26.7 Å². The molecule has 2 rings (SSSR count). The van der Waals surface area contributed by atoms with Gasteiger partial charge in [0.25, 0.3) is 0 Å². The Hall–Kier alpha value is -1.43. The van der Waals surface area contributed by atoms with Crippen LogP contribution in [0.15, 0.2) is 0 Å². The van der Waals surface area contributed by atoms with Gasteiger partial charge in [-0.15, -0.1) is 0 Å². The van der Waals surface area contributed by atoms with E-state index in [0.29, 0.717) is 5.69 Å². The number of carbonyl (C=O) groups is 1. The summed E-state index contributed by atoms with van der Waals surface area (Å²) >= 11 is 1.51. The zero-order valence-electron chi connectivity index (χ0n) is 8.52. The lowest BCUT2D eigenvalue weighted by Gasteiger charge is -1.94. The van der Waals surface area contributed by atoms with Gasteiger partial charge in [-0.3, -0.25) is 4.79 Å². The smallest absolute Gasteiger partial charge is 0.309 e. The van der Waals surface area contributed by atoms with Crippen LogP contribution in [0.4, 0.5) is 0 Å². The molecule has 0 bridgehead atoms. The number of hydrogen-bond acceptors (Lipinski definition) is 4. The van der Waals surface area contributed by atoms with Gasteiger partial charge in [0.15, 0.2) is 0 Å². The van der Waals surface area contributed by atoms with Crippen LogP contribution >= 0.6 is 11.3 Å². The Balaban J connectivity index is 2.54. The number of aromatic nitrogens is 3. The second-order valence-electron chi connectivity index (χ2n) is 3.26. The van der Waals surface area contributed by atoms with Crippen LogP contribution in [0.1, 0.15) is 23.3 Å². The van der Waals surface area contributed by atoms with E-state index in [1.807, 2.05) is 13.8 Å². The third kappa shape index (κ3) is 1.72. The second kappa shape index (κ2) is 3.62. The largest absolute Gasteiger partial charge is 0.481 e. The molecule has 0 saturated carbocycles. The van der Waals surface area contributed by atoms with Crippen LogP contribution in [0, 0.1) is 6.92 Å². The van der Waals surface area contributed by atoms with Crippen molar-refractivity contribution in [3.8, 4) is 0 Å². The number of carboxylic acid groups (broad SMARTS) is 1. The first-order valence-corrected chi connectivity index (χ1v) is 5.49. The van der Waals surface area contributed by atoms with Gasteiger partial charge in [-0.1, -0.05) is 18.3 Å². The SMILES string of the molecule is CCc1nn2c(CC(=O)O)c(C)nc2s1. The quantitative estimate of drug-likeness (QED) is 0.854. The molecule has 15 heavy (non-hydrogen) atoms. The summed E-state index contributed by atoms with van der Waals surface area (Å²) in [5.41, 5.74) is 1.42. The fourth-order valence-corrected chi connectivity index (χ4v) is 2.32. The molecular formula is C9H11N3O2S. The van der Waals surface area contributed by atoms with Gasteiger partial charge in [0.2, 0.25) is 4.96 Å². The van der Waals surface area contributed by atoms with E-state index in [-0.39, 0.29) is 6.42 Å². The zero-order valence-corrected chi connectivity index (χ0v) is 9.34. The summed E-state index contributed by atoms with van der Waals surface area (Å²) in [7, 11) is 0. The first-order chi connectivity index (χ1) is 7.11. The Morgan fingerprint density at radius 3 is 2.93 bits per heavy atom. The minimum Gasteiger partial charge on any atom is -0.481 e. The first kappa shape index (κ1) is 10.1. The number of fused-ring (bicyclic) bond motifs is 1. The monoisotopic (exact) mass is 225 g/mol.